The number of anilines is 1. The molecule has 29 heavy (non-hydrogen) atoms. The first-order valence-corrected chi connectivity index (χ1v) is 9.89. The maximum Gasteiger partial charge on any atom is 0.303 e. The van der Waals surface area contributed by atoms with Gasteiger partial charge < -0.3 is 15.0 Å². The summed E-state index contributed by atoms with van der Waals surface area (Å²) >= 11 is 0. The molecule has 1 N–H and O–H groups in total. The van der Waals surface area contributed by atoms with Gasteiger partial charge in [0.15, 0.2) is 11.8 Å². The van der Waals surface area contributed by atoms with E-state index in [4.69, 9.17) is 4.74 Å². The number of carbonyl (C=O) groups is 4. The van der Waals surface area contributed by atoms with Crippen molar-refractivity contribution in [3.8, 4) is 0 Å². The van der Waals surface area contributed by atoms with Crippen LogP contribution in [-0.4, -0.2) is 46.8 Å². The fourth-order valence-electron chi connectivity index (χ4n) is 5.02. The average Bonchev–Trinajstić information content (AvgIpc) is 3.08. The molecular formula is C21H25N3O5. The molecule has 0 bridgehead atoms. The zero-order valence-corrected chi connectivity index (χ0v) is 17.0. The Hall–Kier alpha value is -2.90. The number of amides is 3. The molecule has 154 valence electrons. The van der Waals surface area contributed by atoms with Gasteiger partial charge in [-0.3, -0.25) is 24.1 Å². The number of hydrogen-bond donors (Lipinski definition) is 1. The van der Waals surface area contributed by atoms with Crippen LogP contribution in [0, 0.1) is 5.92 Å². The number of benzene rings is 1. The van der Waals surface area contributed by atoms with Gasteiger partial charge in [-0.2, -0.15) is 0 Å². The number of rotatable bonds is 3. The largest absolute Gasteiger partial charge is 0.450 e. The van der Waals surface area contributed by atoms with Crippen molar-refractivity contribution in [2.45, 2.75) is 64.4 Å². The highest BCUT2D eigenvalue weighted by Crippen LogP contribution is 2.55. The van der Waals surface area contributed by atoms with Gasteiger partial charge >= 0.3 is 5.97 Å². The Labute approximate surface area is 169 Å². The summed E-state index contributed by atoms with van der Waals surface area (Å²) in [6.07, 6.45) is -0.266. The van der Waals surface area contributed by atoms with Crippen molar-refractivity contribution in [3.63, 3.8) is 0 Å². The lowest BCUT2D eigenvalue weighted by Gasteiger charge is -2.41. The molecule has 0 saturated carbocycles. The monoisotopic (exact) mass is 399 g/mol. The van der Waals surface area contributed by atoms with E-state index in [2.05, 4.69) is 5.32 Å². The Morgan fingerprint density at radius 3 is 2.55 bits per heavy atom. The quantitative estimate of drug-likeness (QED) is 0.773. The van der Waals surface area contributed by atoms with Crippen molar-refractivity contribution in [1.29, 1.82) is 0 Å². The normalized spacial score (nSPS) is 30.0. The van der Waals surface area contributed by atoms with Gasteiger partial charge in [-0.05, 0) is 18.4 Å². The van der Waals surface area contributed by atoms with Gasteiger partial charge in [0.25, 0.3) is 0 Å². The number of esters is 1. The first-order chi connectivity index (χ1) is 13.7. The molecule has 3 amide bonds. The Morgan fingerprint density at radius 1 is 1.24 bits per heavy atom. The van der Waals surface area contributed by atoms with E-state index in [-0.39, 0.29) is 30.1 Å². The number of para-hydroxylation sites is 1. The van der Waals surface area contributed by atoms with E-state index in [0.29, 0.717) is 17.7 Å². The standard InChI is InChI=1S/C21H25N3O5/c1-11(2)9-15-19(28)24-17(18(27)22-15)10-21(29-13(4)26)14-7-5-6-8-16(14)23(12(3)25)20(21)24/h5-8,11,15,17,20H,9-10H2,1-4H3,(H,22,27)/t15-,17+,20-,21+/m0/s1. The lowest BCUT2D eigenvalue weighted by atomic mass is 9.90. The van der Waals surface area contributed by atoms with Crippen LogP contribution in [0.1, 0.15) is 46.1 Å². The molecule has 8 nitrogen and oxygen atoms in total. The summed E-state index contributed by atoms with van der Waals surface area (Å²) in [5, 5.41) is 2.82. The van der Waals surface area contributed by atoms with Crippen molar-refractivity contribution < 1.29 is 23.9 Å². The molecule has 1 aromatic carbocycles. The van der Waals surface area contributed by atoms with Crippen molar-refractivity contribution >= 4 is 29.4 Å². The highest BCUT2D eigenvalue weighted by atomic mass is 16.6. The SMILES string of the molecule is CC(=O)O[C@@]12C[C@@H]3C(=O)N[C@@H](CC(C)C)C(=O)N3[C@@H]1N(C(C)=O)c1ccccc12. The van der Waals surface area contributed by atoms with Crippen LogP contribution in [0.2, 0.25) is 0 Å². The van der Waals surface area contributed by atoms with Crippen LogP contribution in [0.25, 0.3) is 0 Å². The zero-order chi connectivity index (χ0) is 21.1. The molecule has 3 aliphatic heterocycles. The van der Waals surface area contributed by atoms with Crippen LogP contribution >= 0.6 is 0 Å². The molecule has 1 aromatic rings. The number of hydrogen-bond acceptors (Lipinski definition) is 5. The third-order valence-electron chi connectivity index (χ3n) is 5.92. The lowest BCUT2D eigenvalue weighted by Crippen LogP contribution is -2.66. The zero-order valence-electron chi connectivity index (χ0n) is 17.0. The molecule has 0 unspecified atom stereocenters. The second kappa shape index (κ2) is 6.57. The summed E-state index contributed by atoms with van der Waals surface area (Å²) < 4.78 is 5.83. The number of fused-ring (bicyclic) bond motifs is 5. The second-order valence-corrected chi connectivity index (χ2v) is 8.42. The average molecular weight is 399 g/mol. The Balaban J connectivity index is 1.88. The van der Waals surface area contributed by atoms with E-state index in [1.165, 1.54) is 23.6 Å². The second-order valence-electron chi connectivity index (χ2n) is 8.42. The molecule has 4 atom stereocenters. The number of nitrogens with one attached hydrogen (secondary N) is 1. The van der Waals surface area contributed by atoms with E-state index in [0.717, 1.165) is 0 Å². The minimum Gasteiger partial charge on any atom is -0.450 e. The van der Waals surface area contributed by atoms with E-state index in [1.807, 2.05) is 13.8 Å². The summed E-state index contributed by atoms with van der Waals surface area (Å²) in [6, 6.07) is 5.69. The fraction of sp³-hybridized carbons (Fsp3) is 0.524. The lowest BCUT2D eigenvalue weighted by molar-refractivity contribution is -0.163. The minimum absolute atomic E-state index is 0.115. The van der Waals surface area contributed by atoms with E-state index >= 15 is 0 Å². The first-order valence-electron chi connectivity index (χ1n) is 9.89. The smallest absolute Gasteiger partial charge is 0.303 e. The highest BCUT2D eigenvalue weighted by molar-refractivity contribution is 6.02. The van der Waals surface area contributed by atoms with Gasteiger partial charge in [0.2, 0.25) is 17.7 Å². The van der Waals surface area contributed by atoms with Crippen LogP contribution in [-0.2, 0) is 29.5 Å². The number of nitrogens with zero attached hydrogens (tertiary/aromatic N) is 2. The van der Waals surface area contributed by atoms with Crippen molar-refractivity contribution in [3.05, 3.63) is 29.8 Å². The molecule has 2 saturated heterocycles. The van der Waals surface area contributed by atoms with E-state index in [1.54, 1.807) is 24.3 Å². The maximum atomic E-state index is 13.4. The molecule has 0 radical (unpaired) electrons. The van der Waals surface area contributed by atoms with Gasteiger partial charge in [0.05, 0.1) is 5.69 Å². The van der Waals surface area contributed by atoms with Crippen LogP contribution in [0.5, 0.6) is 0 Å². The van der Waals surface area contributed by atoms with E-state index in [9.17, 15) is 19.2 Å². The Kier molecular flexibility index (Phi) is 4.40. The molecule has 8 heteroatoms. The highest BCUT2D eigenvalue weighted by Gasteiger charge is 2.68. The van der Waals surface area contributed by atoms with Crippen LogP contribution < -0.4 is 10.2 Å². The van der Waals surface area contributed by atoms with Crippen LogP contribution in [0.4, 0.5) is 5.69 Å². The summed E-state index contributed by atoms with van der Waals surface area (Å²) in [5.41, 5.74) is -0.0203. The fourth-order valence-corrected chi connectivity index (χ4v) is 5.02. The maximum absolute atomic E-state index is 13.4. The van der Waals surface area contributed by atoms with Crippen LogP contribution in [0.3, 0.4) is 0 Å². The van der Waals surface area contributed by atoms with Gasteiger partial charge in [0, 0.05) is 25.8 Å². The topological polar surface area (TPSA) is 96.0 Å². The van der Waals surface area contributed by atoms with Crippen LogP contribution in [0.15, 0.2) is 24.3 Å². The molecular weight excluding hydrogens is 374 g/mol. The van der Waals surface area contributed by atoms with Gasteiger partial charge in [-0.25, -0.2) is 0 Å². The molecule has 3 heterocycles. The third-order valence-corrected chi connectivity index (χ3v) is 5.92. The van der Waals surface area contributed by atoms with Gasteiger partial charge in [0.1, 0.15) is 12.1 Å². The molecule has 2 fully saturated rings. The molecule has 4 rings (SSSR count). The number of carbonyl (C=O) groups excluding carboxylic acids is 4. The Morgan fingerprint density at radius 2 is 1.93 bits per heavy atom. The van der Waals surface area contributed by atoms with Crippen molar-refractivity contribution in [2.75, 3.05) is 4.90 Å². The van der Waals surface area contributed by atoms with Gasteiger partial charge in [-0.1, -0.05) is 32.0 Å². The summed E-state index contributed by atoms with van der Waals surface area (Å²) in [6.45, 7) is 6.66. The summed E-state index contributed by atoms with van der Waals surface area (Å²) in [5.74, 6) is -1.14. The van der Waals surface area contributed by atoms with Crippen molar-refractivity contribution in [1.82, 2.24) is 10.2 Å². The summed E-state index contributed by atoms with van der Waals surface area (Å²) in [7, 11) is 0. The number of ether oxygens (including phenoxy) is 1. The van der Waals surface area contributed by atoms with Crippen molar-refractivity contribution in [2.24, 2.45) is 5.92 Å². The minimum atomic E-state index is -1.27. The molecule has 0 aromatic heterocycles. The predicted octanol–water partition coefficient (Wildman–Crippen LogP) is 1.28. The van der Waals surface area contributed by atoms with Gasteiger partial charge in [-0.15, -0.1) is 0 Å². The molecule has 0 spiro atoms. The summed E-state index contributed by atoms with van der Waals surface area (Å²) in [4.78, 5) is 54.0. The molecule has 3 aliphatic rings. The molecule has 0 aliphatic carbocycles. The van der Waals surface area contributed by atoms with E-state index < -0.39 is 29.8 Å². The Bertz CT molecular complexity index is 913. The first kappa shape index (κ1) is 19.4. The third kappa shape index (κ3) is 2.73. The number of piperazine rings is 1. The predicted molar refractivity (Wildman–Crippen MR) is 103 cm³/mol.